The molecule has 1 aromatic heterocycles. The zero-order valence-corrected chi connectivity index (χ0v) is 18.4. The summed E-state index contributed by atoms with van der Waals surface area (Å²) in [5, 5.41) is 6.34. The summed E-state index contributed by atoms with van der Waals surface area (Å²) in [6.07, 6.45) is 1.62. The number of amides is 1. The van der Waals surface area contributed by atoms with Crippen molar-refractivity contribution in [3.05, 3.63) is 76.4 Å². The highest BCUT2D eigenvalue weighted by molar-refractivity contribution is 6.31. The van der Waals surface area contributed by atoms with Crippen molar-refractivity contribution in [3.8, 4) is 5.75 Å². The highest BCUT2D eigenvalue weighted by atomic mass is 35.5. The van der Waals surface area contributed by atoms with Gasteiger partial charge in [-0.3, -0.25) is 4.79 Å². The third-order valence-corrected chi connectivity index (χ3v) is 4.59. The molecular formula is C23H27ClN4O2. The summed E-state index contributed by atoms with van der Waals surface area (Å²) in [5.74, 6) is 1.07. The Balaban J connectivity index is 0.00000155. The number of nitrogens with zero attached hydrogens (tertiary/aromatic N) is 1. The van der Waals surface area contributed by atoms with E-state index in [-0.39, 0.29) is 12.5 Å². The number of aryl methyl sites for hydroxylation is 1. The minimum Gasteiger partial charge on any atom is -0.487 e. The lowest BCUT2D eigenvalue weighted by Crippen LogP contribution is -2.18. The minimum absolute atomic E-state index is 0.175. The molecule has 0 saturated carbocycles. The number of carbonyl (C=O) groups is 1. The van der Waals surface area contributed by atoms with Crippen LogP contribution in [0.15, 0.2) is 54.7 Å². The van der Waals surface area contributed by atoms with Gasteiger partial charge >= 0.3 is 0 Å². The van der Waals surface area contributed by atoms with Gasteiger partial charge in [0.1, 0.15) is 18.2 Å². The average Bonchev–Trinajstić information content (AvgIpc) is 2.77. The van der Waals surface area contributed by atoms with E-state index in [1.807, 2.05) is 45.0 Å². The number of halogens is 1. The Labute approximate surface area is 182 Å². The molecule has 0 aliphatic carbocycles. The zero-order valence-electron chi connectivity index (χ0n) is 17.6. The molecule has 1 heterocycles. The smallest absolute Gasteiger partial charge is 0.251 e. The Hall–Kier alpha value is -3.25. The predicted molar refractivity (Wildman–Crippen MR) is 124 cm³/mol. The third-order valence-electron chi connectivity index (χ3n) is 4.22. The molecule has 158 valence electrons. The van der Waals surface area contributed by atoms with E-state index in [4.69, 9.17) is 22.1 Å². The van der Waals surface area contributed by atoms with Gasteiger partial charge in [-0.05, 0) is 48.9 Å². The summed E-state index contributed by atoms with van der Waals surface area (Å²) in [6, 6.07) is 14.4. The number of benzene rings is 2. The normalized spacial score (nSPS) is 9.90. The Morgan fingerprint density at radius 3 is 2.57 bits per heavy atom. The molecule has 0 unspecified atom stereocenters. The maximum absolute atomic E-state index is 11.8. The fraction of sp³-hybridized carbons (Fsp3) is 0.217. The van der Waals surface area contributed by atoms with E-state index < -0.39 is 0 Å². The second kappa shape index (κ2) is 11.1. The van der Waals surface area contributed by atoms with Crippen LogP contribution in [0.25, 0.3) is 0 Å². The molecular weight excluding hydrogens is 400 g/mol. The molecule has 30 heavy (non-hydrogen) atoms. The molecule has 4 N–H and O–H groups in total. The maximum atomic E-state index is 11.8. The van der Waals surface area contributed by atoms with Crippen molar-refractivity contribution in [3.63, 3.8) is 0 Å². The minimum atomic E-state index is -0.175. The first-order valence-corrected chi connectivity index (χ1v) is 10.1. The molecule has 3 aromatic rings. The average molecular weight is 427 g/mol. The van der Waals surface area contributed by atoms with Gasteiger partial charge in [0, 0.05) is 23.2 Å². The van der Waals surface area contributed by atoms with Crippen molar-refractivity contribution in [1.29, 1.82) is 0 Å². The number of pyridine rings is 1. The summed E-state index contributed by atoms with van der Waals surface area (Å²) in [6.45, 7) is 6.20. The van der Waals surface area contributed by atoms with Crippen molar-refractivity contribution >= 4 is 34.7 Å². The van der Waals surface area contributed by atoms with Gasteiger partial charge in [0.25, 0.3) is 5.91 Å². The van der Waals surface area contributed by atoms with Crippen molar-refractivity contribution in [2.24, 2.45) is 0 Å². The molecule has 0 aliphatic heterocycles. The molecule has 0 spiro atoms. The molecule has 6 nitrogen and oxygen atoms in total. The molecule has 3 rings (SSSR count). The molecule has 0 atom stereocenters. The van der Waals surface area contributed by atoms with Gasteiger partial charge in [-0.2, -0.15) is 0 Å². The first-order valence-electron chi connectivity index (χ1n) is 9.69. The van der Waals surface area contributed by atoms with Crippen LogP contribution in [0.5, 0.6) is 5.75 Å². The van der Waals surface area contributed by atoms with Crippen molar-refractivity contribution in [2.45, 2.75) is 27.4 Å². The fourth-order valence-electron chi connectivity index (χ4n) is 2.66. The van der Waals surface area contributed by atoms with Gasteiger partial charge in [-0.15, -0.1) is 0 Å². The first kappa shape index (κ1) is 23.0. The molecule has 0 bridgehead atoms. The largest absolute Gasteiger partial charge is 0.487 e. The number of anilines is 3. The van der Waals surface area contributed by atoms with E-state index in [2.05, 4.69) is 15.6 Å². The van der Waals surface area contributed by atoms with Gasteiger partial charge in [0.15, 0.2) is 0 Å². The Bertz CT molecular complexity index is 971. The van der Waals surface area contributed by atoms with Gasteiger partial charge in [-0.25, -0.2) is 4.98 Å². The molecule has 7 heteroatoms. The van der Waals surface area contributed by atoms with Gasteiger partial charge in [-0.1, -0.05) is 37.6 Å². The SMILES string of the molecule is CC.CNC(=O)c1ccc(Cl)c(COc2ccc(Nc3c(C)cccc3N)nc2)c1. The van der Waals surface area contributed by atoms with Crippen LogP contribution >= 0.6 is 11.6 Å². The highest BCUT2D eigenvalue weighted by Crippen LogP contribution is 2.27. The molecule has 0 fully saturated rings. The highest BCUT2D eigenvalue weighted by Gasteiger charge is 2.09. The number of aromatic nitrogens is 1. The Kier molecular flexibility index (Phi) is 8.50. The first-order chi connectivity index (χ1) is 14.5. The van der Waals surface area contributed by atoms with E-state index in [0.29, 0.717) is 27.8 Å². The van der Waals surface area contributed by atoms with Crippen LogP contribution in [0.4, 0.5) is 17.2 Å². The van der Waals surface area contributed by atoms with Gasteiger partial charge < -0.3 is 21.1 Å². The number of carbonyl (C=O) groups excluding carboxylic acids is 1. The Morgan fingerprint density at radius 1 is 1.17 bits per heavy atom. The summed E-state index contributed by atoms with van der Waals surface area (Å²) < 4.78 is 5.76. The van der Waals surface area contributed by atoms with Gasteiger partial charge in [0.2, 0.25) is 0 Å². The summed E-state index contributed by atoms with van der Waals surface area (Å²) >= 11 is 6.21. The fourth-order valence-corrected chi connectivity index (χ4v) is 2.83. The molecule has 0 aliphatic rings. The number of ether oxygens (including phenoxy) is 1. The molecule has 0 saturated heterocycles. The standard InChI is InChI=1S/C21H21ClN4O2.C2H6/c1-13-4-3-5-18(23)20(13)26-19-9-7-16(11-25-19)28-12-15-10-14(21(27)24-2)6-8-17(15)22;1-2/h3-11H,12,23H2,1-2H3,(H,24,27)(H,25,26);1-2H3. The number of hydrogen-bond donors (Lipinski definition) is 3. The zero-order chi connectivity index (χ0) is 22.1. The van der Waals surface area contributed by atoms with Crippen LogP contribution in [0, 0.1) is 6.92 Å². The monoisotopic (exact) mass is 426 g/mol. The molecule has 2 aromatic carbocycles. The number of nitrogens with one attached hydrogen (secondary N) is 2. The van der Waals surface area contributed by atoms with E-state index >= 15 is 0 Å². The Morgan fingerprint density at radius 2 is 1.93 bits per heavy atom. The number of para-hydroxylation sites is 1. The topological polar surface area (TPSA) is 89.3 Å². The van der Waals surface area contributed by atoms with E-state index in [1.165, 1.54) is 0 Å². The van der Waals surface area contributed by atoms with Crippen LogP contribution in [-0.4, -0.2) is 17.9 Å². The third kappa shape index (κ3) is 5.87. The molecule has 1 amide bonds. The van der Waals surface area contributed by atoms with Crippen LogP contribution in [-0.2, 0) is 6.61 Å². The number of nitrogens with two attached hydrogens (primary N) is 1. The number of rotatable bonds is 6. The van der Waals surface area contributed by atoms with Crippen molar-refractivity contribution in [1.82, 2.24) is 10.3 Å². The molecule has 0 radical (unpaired) electrons. The van der Waals surface area contributed by atoms with Crippen LogP contribution in [0.3, 0.4) is 0 Å². The number of nitrogen functional groups attached to an aromatic ring is 1. The van der Waals surface area contributed by atoms with E-state index in [1.54, 1.807) is 37.5 Å². The van der Waals surface area contributed by atoms with Crippen molar-refractivity contribution in [2.75, 3.05) is 18.1 Å². The summed E-state index contributed by atoms with van der Waals surface area (Å²) in [7, 11) is 1.58. The van der Waals surface area contributed by atoms with Crippen LogP contribution in [0.1, 0.15) is 35.3 Å². The van der Waals surface area contributed by atoms with Crippen LogP contribution < -0.4 is 21.1 Å². The predicted octanol–water partition coefficient (Wildman–Crippen LogP) is 5.33. The number of hydrogen-bond acceptors (Lipinski definition) is 5. The van der Waals surface area contributed by atoms with E-state index in [0.717, 1.165) is 16.8 Å². The maximum Gasteiger partial charge on any atom is 0.251 e. The second-order valence-electron chi connectivity index (χ2n) is 6.22. The van der Waals surface area contributed by atoms with Gasteiger partial charge in [0.05, 0.1) is 17.6 Å². The summed E-state index contributed by atoms with van der Waals surface area (Å²) in [5.41, 5.74) is 9.79. The second-order valence-corrected chi connectivity index (χ2v) is 6.62. The van der Waals surface area contributed by atoms with Crippen molar-refractivity contribution < 1.29 is 9.53 Å². The lowest BCUT2D eigenvalue weighted by molar-refractivity contribution is 0.0963. The van der Waals surface area contributed by atoms with E-state index in [9.17, 15) is 4.79 Å². The lowest BCUT2D eigenvalue weighted by Gasteiger charge is -2.12. The van der Waals surface area contributed by atoms with Crippen LogP contribution in [0.2, 0.25) is 5.02 Å². The lowest BCUT2D eigenvalue weighted by atomic mass is 10.1. The summed E-state index contributed by atoms with van der Waals surface area (Å²) in [4.78, 5) is 16.1. The quantitative estimate of drug-likeness (QED) is 0.463.